The first-order chi connectivity index (χ1) is 13.7. The van der Waals surface area contributed by atoms with Crippen molar-refractivity contribution in [3.63, 3.8) is 0 Å². The Labute approximate surface area is 162 Å². The average molecular weight is 374 g/mol. The van der Waals surface area contributed by atoms with Crippen LogP contribution in [0.25, 0.3) is 28.0 Å². The number of hydroxylamine groups is 1. The first kappa shape index (κ1) is 18.0. The average Bonchev–Trinajstić information content (AvgIpc) is 3.27. The van der Waals surface area contributed by atoms with Crippen molar-refractivity contribution in [2.75, 3.05) is 0 Å². The van der Waals surface area contributed by atoms with E-state index in [0.717, 1.165) is 41.7 Å². The number of hydrogen-bond acceptors (Lipinski definition) is 3. The Kier molecular flexibility index (Phi) is 4.95. The molecule has 0 aliphatic heterocycles. The number of nitrogens with zero attached hydrogens (tertiary/aromatic N) is 2. The van der Waals surface area contributed by atoms with E-state index >= 15 is 0 Å². The summed E-state index contributed by atoms with van der Waals surface area (Å²) >= 11 is 0. The van der Waals surface area contributed by atoms with Gasteiger partial charge in [0, 0.05) is 36.6 Å². The zero-order valence-corrected chi connectivity index (χ0v) is 15.6. The highest BCUT2D eigenvalue weighted by Gasteiger charge is 2.09. The topological polar surface area (TPSA) is 82.9 Å². The largest absolute Gasteiger partial charge is 0.361 e. The van der Waals surface area contributed by atoms with Crippen molar-refractivity contribution in [3.05, 3.63) is 71.7 Å². The van der Waals surface area contributed by atoms with Gasteiger partial charge < -0.3 is 9.55 Å². The molecule has 0 aliphatic carbocycles. The molecule has 2 aromatic heterocycles. The van der Waals surface area contributed by atoms with Gasteiger partial charge in [-0.3, -0.25) is 10.0 Å². The number of rotatable bonds is 6. The molecule has 142 valence electrons. The van der Waals surface area contributed by atoms with Crippen LogP contribution in [0.3, 0.4) is 0 Å². The van der Waals surface area contributed by atoms with Crippen LogP contribution in [0.15, 0.2) is 54.7 Å². The van der Waals surface area contributed by atoms with Gasteiger partial charge in [-0.1, -0.05) is 24.3 Å². The van der Waals surface area contributed by atoms with Crippen LogP contribution in [0.1, 0.15) is 23.4 Å². The van der Waals surface area contributed by atoms with E-state index in [4.69, 9.17) is 10.2 Å². The monoisotopic (exact) mass is 374 g/mol. The van der Waals surface area contributed by atoms with Crippen molar-refractivity contribution in [3.8, 4) is 0 Å². The first-order valence-electron chi connectivity index (χ1n) is 9.28. The number of aromatic amines is 1. The van der Waals surface area contributed by atoms with Crippen LogP contribution < -0.4 is 5.48 Å². The number of carbonyl (C=O) groups excluding carboxylic acids is 1. The Morgan fingerprint density at radius 2 is 2.11 bits per heavy atom. The lowest BCUT2D eigenvalue weighted by molar-refractivity contribution is -0.124. The quantitative estimate of drug-likeness (QED) is 0.273. The Hall–Kier alpha value is -3.38. The highest BCUT2D eigenvalue weighted by Crippen LogP contribution is 2.21. The molecule has 0 fully saturated rings. The molecule has 0 bridgehead atoms. The number of amides is 1. The highest BCUT2D eigenvalue weighted by atomic mass is 16.5. The molecule has 0 atom stereocenters. The van der Waals surface area contributed by atoms with E-state index < -0.39 is 5.91 Å². The van der Waals surface area contributed by atoms with Gasteiger partial charge in [0.25, 0.3) is 5.91 Å². The number of aromatic nitrogens is 3. The molecule has 1 amide bonds. The second-order valence-corrected chi connectivity index (χ2v) is 6.86. The van der Waals surface area contributed by atoms with Gasteiger partial charge in [0.15, 0.2) is 0 Å². The van der Waals surface area contributed by atoms with Gasteiger partial charge in [0.2, 0.25) is 0 Å². The number of imidazole rings is 1. The van der Waals surface area contributed by atoms with Crippen LogP contribution in [0, 0.1) is 0 Å². The second-order valence-electron chi connectivity index (χ2n) is 6.86. The maximum absolute atomic E-state index is 11.1. The van der Waals surface area contributed by atoms with Gasteiger partial charge in [0.05, 0.1) is 11.0 Å². The lowest BCUT2D eigenvalue weighted by Crippen LogP contribution is -2.14. The fraction of sp³-hybridized carbons (Fsp3) is 0.182. The molecule has 28 heavy (non-hydrogen) atoms. The number of hydrogen-bond donors (Lipinski definition) is 3. The van der Waals surface area contributed by atoms with Crippen molar-refractivity contribution in [1.82, 2.24) is 20.0 Å². The third-order valence-corrected chi connectivity index (χ3v) is 5.06. The summed E-state index contributed by atoms with van der Waals surface area (Å²) in [5.41, 5.74) is 6.92. The normalized spacial score (nSPS) is 11.6. The summed E-state index contributed by atoms with van der Waals surface area (Å²) in [6.07, 6.45) is 7.94. The standard InChI is InChI=1S/C22H22N4O2/c1-26-20-11-9-15(10-12-22(27)25-28)13-19(20)24-21(26)8-4-5-16-14-23-18-7-3-2-6-17(16)18/h2-3,6-7,9-14,23,28H,4-5,8H2,1H3,(H,25,27)/b12-10+. The molecule has 0 spiro atoms. The van der Waals surface area contributed by atoms with E-state index in [1.165, 1.54) is 22.5 Å². The number of benzene rings is 2. The zero-order valence-electron chi connectivity index (χ0n) is 15.6. The molecule has 2 aromatic carbocycles. The molecule has 0 aliphatic rings. The molecule has 0 radical (unpaired) electrons. The second kappa shape index (κ2) is 7.70. The third kappa shape index (κ3) is 3.54. The van der Waals surface area contributed by atoms with Crippen LogP contribution in [0.4, 0.5) is 0 Å². The van der Waals surface area contributed by atoms with Crippen molar-refractivity contribution >= 4 is 33.9 Å². The number of aryl methyl sites for hydroxylation is 3. The Bertz CT molecular complexity index is 1170. The van der Waals surface area contributed by atoms with Gasteiger partial charge in [-0.25, -0.2) is 10.5 Å². The van der Waals surface area contributed by atoms with E-state index in [9.17, 15) is 4.79 Å². The van der Waals surface area contributed by atoms with E-state index in [1.54, 1.807) is 11.6 Å². The Morgan fingerprint density at radius 1 is 1.25 bits per heavy atom. The molecule has 6 heteroatoms. The molecule has 0 saturated heterocycles. The van der Waals surface area contributed by atoms with E-state index in [0.29, 0.717) is 0 Å². The summed E-state index contributed by atoms with van der Waals surface area (Å²) in [6, 6.07) is 14.2. The highest BCUT2D eigenvalue weighted by molar-refractivity contribution is 5.91. The van der Waals surface area contributed by atoms with Gasteiger partial charge in [-0.05, 0) is 48.2 Å². The molecular weight excluding hydrogens is 352 g/mol. The number of para-hydroxylation sites is 1. The molecule has 0 unspecified atom stereocenters. The van der Waals surface area contributed by atoms with Gasteiger partial charge in [-0.15, -0.1) is 0 Å². The van der Waals surface area contributed by atoms with Crippen LogP contribution in [0.5, 0.6) is 0 Å². The lowest BCUT2D eigenvalue weighted by Gasteiger charge is -2.03. The lowest BCUT2D eigenvalue weighted by atomic mass is 10.1. The molecule has 6 nitrogen and oxygen atoms in total. The van der Waals surface area contributed by atoms with E-state index in [1.807, 2.05) is 31.3 Å². The maximum Gasteiger partial charge on any atom is 0.267 e. The summed E-state index contributed by atoms with van der Waals surface area (Å²) in [6.45, 7) is 0. The number of nitrogens with one attached hydrogen (secondary N) is 2. The van der Waals surface area contributed by atoms with Crippen molar-refractivity contribution < 1.29 is 10.0 Å². The fourth-order valence-electron chi connectivity index (χ4n) is 3.58. The first-order valence-corrected chi connectivity index (χ1v) is 9.28. The predicted octanol–water partition coefficient (Wildman–Crippen LogP) is 3.75. The molecule has 4 rings (SSSR count). The van der Waals surface area contributed by atoms with Crippen LogP contribution in [-0.4, -0.2) is 25.6 Å². The zero-order chi connectivity index (χ0) is 19.5. The van der Waals surface area contributed by atoms with Gasteiger partial charge in [-0.2, -0.15) is 0 Å². The maximum atomic E-state index is 11.1. The van der Waals surface area contributed by atoms with Crippen molar-refractivity contribution in [2.24, 2.45) is 7.05 Å². The number of H-pyrrole nitrogens is 1. The van der Waals surface area contributed by atoms with Gasteiger partial charge >= 0.3 is 0 Å². The molecule has 4 aromatic rings. The summed E-state index contributed by atoms with van der Waals surface area (Å²) < 4.78 is 2.12. The minimum atomic E-state index is -0.556. The number of fused-ring (bicyclic) bond motifs is 2. The Balaban J connectivity index is 1.48. The number of carbonyl (C=O) groups is 1. The van der Waals surface area contributed by atoms with Crippen LogP contribution in [0.2, 0.25) is 0 Å². The van der Waals surface area contributed by atoms with Gasteiger partial charge in [0.1, 0.15) is 5.82 Å². The smallest absolute Gasteiger partial charge is 0.267 e. The summed E-state index contributed by atoms with van der Waals surface area (Å²) in [4.78, 5) is 19.2. The predicted molar refractivity (Wildman–Crippen MR) is 110 cm³/mol. The molecule has 2 heterocycles. The van der Waals surface area contributed by atoms with Crippen LogP contribution >= 0.6 is 0 Å². The third-order valence-electron chi connectivity index (χ3n) is 5.06. The molecular formula is C22H22N4O2. The minimum absolute atomic E-state index is 0.556. The fourth-order valence-corrected chi connectivity index (χ4v) is 3.58. The van der Waals surface area contributed by atoms with Crippen molar-refractivity contribution in [1.29, 1.82) is 0 Å². The molecule has 3 N–H and O–H groups in total. The minimum Gasteiger partial charge on any atom is -0.361 e. The SMILES string of the molecule is Cn1c(CCCc2c[nH]c3ccccc23)nc2cc(/C=C/C(=O)NO)ccc21. The summed E-state index contributed by atoms with van der Waals surface area (Å²) in [5.74, 6) is 0.489. The van der Waals surface area contributed by atoms with E-state index in [2.05, 4.69) is 33.9 Å². The summed E-state index contributed by atoms with van der Waals surface area (Å²) in [5, 5.41) is 9.85. The van der Waals surface area contributed by atoms with Crippen LogP contribution in [-0.2, 0) is 24.7 Å². The molecule has 0 saturated carbocycles. The van der Waals surface area contributed by atoms with E-state index in [-0.39, 0.29) is 0 Å². The Morgan fingerprint density at radius 3 is 2.96 bits per heavy atom. The summed E-state index contributed by atoms with van der Waals surface area (Å²) in [7, 11) is 2.03. The van der Waals surface area contributed by atoms with Crippen molar-refractivity contribution in [2.45, 2.75) is 19.3 Å².